The number of halogens is 4. The van der Waals surface area contributed by atoms with E-state index in [9.17, 15) is 17.6 Å². The summed E-state index contributed by atoms with van der Waals surface area (Å²) in [6, 6.07) is 7.90. The minimum absolute atomic E-state index is 0.124. The number of rotatable bonds is 3. The SMILES string of the molecule is N=C(N)c1cc(C(F)(F)F)ccc1Oc1ccccc1F. The summed E-state index contributed by atoms with van der Waals surface area (Å²) < 4.78 is 56.6. The fourth-order valence-corrected chi connectivity index (χ4v) is 1.65. The molecule has 2 rings (SSSR count). The lowest BCUT2D eigenvalue weighted by Crippen LogP contribution is -2.15. The zero-order chi connectivity index (χ0) is 15.6. The fourth-order valence-electron chi connectivity index (χ4n) is 1.65. The molecule has 2 aromatic carbocycles. The molecule has 0 aromatic heterocycles. The van der Waals surface area contributed by atoms with E-state index in [2.05, 4.69) is 0 Å². The van der Waals surface area contributed by atoms with Crippen LogP contribution in [0.15, 0.2) is 42.5 Å². The molecule has 21 heavy (non-hydrogen) atoms. The third kappa shape index (κ3) is 3.31. The number of hydrogen-bond acceptors (Lipinski definition) is 2. The highest BCUT2D eigenvalue weighted by Crippen LogP contribution is 2.34. The summed E-state index contributed by atoms with van der Waals surface area (Å²) >= 11 is 0. The van der Waals surface area contributed by atoms with Crippen LogP contribution < -0.4 is 10.5 Å². The van der Waals surface area contributed by atoms with Gasteiger partial charge in [-0.1, -0.05) is 12.1 Å². The Morgan fingerprint density at radius 2 is 1.71 bits per heavy atom. The summed E-state index contributed by atoms with van der Waals surface area (Å²) in [5, 5.41) is 7.33. The molecule has 0 unspecified atom stereocenters. The van der Waals surface area contributed by atoms with Crippen LogP contribution in [0.1, 0.15) is 11.1 Å². The predicted octanol–water partition coefficient (Wildman–Crippen LogP) is 3.92. The van der Waals surface area contributed by atoms with Gasteiger partial charge in [0.25, 0.3) is 0 Å². The Balaban J connectivity index is 2.45. The van der Waals surface area contributed by atoms with Gasteiger partial charge in [-0.05, 0) is 30.3 Å². The van der Waals surface area contributed by atoms with E-state index in [1.54, 1.807) is 0 Å². The van der Waals surface area contributed by atoms with Gasteiger partial charge in [0, 0.05) is 0 Å². The zero-order valence-electron chi connectivity index (χ0n) is 10.5. The third-order valence-electron chi connectivity index (χ3n) is 2.65. The highest BCUT2D eigenvalue weighted by atomic mass is 19.4. The molecule has 3 nitrogen and oxygen atoms in total. The molecule has 0 aliphatic carbocycles. The van der Waals surface area contributed by atoms with Crippen molar-refractivity contribution in [1.82, 2.24) is 0 Å². The van der Waals surface area contributed by atoms with E-state index in [-0.39, 0.29) is 17.1 Å². The largest absolute Gasteiger partial charge is 0.454 e. The van der Waals surface area contributed by atoms with Crippen LogP contribution in [0.3, 0.4) is 0 Å². The summed E-state index contributed by atoms with van der Waals surface area (Å²) in [7, 11) is 0. The van der Waals surface area contributed by atoms with Gasteiger partial charge >= 0.3 is 6.18 Å². The van der Waals surface area contributed by atoms with E-state index in [0.717, 1.165) is 18.2 Å². The van der Waals surface area contributed by atoms with Gasteiger partial charge in [-0.3, -0.25) is 5.41 Å². The number of nitrogens with one attached hydrogen (secondary N) is 1. The molecule has 0 atom stereocenters. The minimum atomic E-state index is -4.57. The van der Waals surface area contributed by atoms with Crippen molar-refractivity contribution in [3.8, 4) is 11.5 Å². The average molecular weight is 298 g/mol. The Kier molecular flexibility index (Phi) is 3.84. The normalized spacial score (nSPS) is 11.2. The van der Waals surface area contributed by atoms with Crippen LogP contribution in [-0.2, 0) is 6.18 Å². The Morgan fingerprint density at radius 1 is 1.05 bits per heavy atom. The molecule has 0 aliphatic heterocycles. The number of amidine groups is 1. The maximum absolute atomic E-state index is 13.5. The average Bonchev–Trinajstić information content (AvgIpc) is 2.40. The van der Waals surface area contributed by atoms with Crippen LogP contribution in [0.2, 0.25) is 0 Å². The monoisotopic (exact) mass is 298 g/mol. The summed E-state index contributed by atoms with van der Waals surface area (Å²) in [6.07, 6.45) is -4.57. The second-order valence-corrected chi connectivity index (χ2v) is 4.15. The molecule has 0 radical (unpaired) electrons. The molecule has 0 fully saturated rings. The van der Waals surface area contributed by atoms with Crippen molar-refractivity contribution < 1.29 is 22.3 Å². The van der Waals surface area contributed by atoms with Crippen LogP contribution in [-0.4, -0.2) is 5.84 Å². The van der Waals surface area contributed by atoms with Crippen LogP contribution >= 0.6 is 0 Å². The number of hydrogen-bond donors (Lipinski definition) is 2. The van der Waals surface area contributed by atoms with Crippen LogP contribution in [0.25, 0.3) is 0 Å². The first-order chi connectivity index (χ1) is 9.79. The van der Waals surface area contributed by atoms with Crippen molar-refractivity contribution >= 4 is 5.84 Å². The molecule has 3 N–H and O–H groups in total. The Labute approximate surface area is 117 Å². The molecule has 0 heterocycles. The zero-order valence-corrected chi connectivity index (χ0v) is 10.5. The predicted molar refractivity (Wildman–Crippen MR) is 68.9 cm³/mol. The van der Waals surface area contributed by atoms with Crippen molar-refractivity contribution in [2.45, 2.75) is 6.18 Å². The lowest BCUT2D eigenvalue weighted by Gasteiger charge is -2.13. The highest BCUT2D eigenvalue weighted by molar-refractivity contribution is 5.98. The molecular weight excluding hydrogens is 288 g/mol. The first-order valence-electron chi connectivity index (χ1n) is 5.77. The van der Waals surface area contributed by atoms with Crippen LogP contribution in [0, 0.1) is 11.2 Å². The summed E-state index contributed by atoms with van der Waals surface area (Å²) in [6.45, 7) is 0. The summed E-state index contributed by atoms with van der Waals surface area (Å²) in [4.78, 5) is 0. The maximum Gasteiger partial charge on any atom is 0.416 e. The van der Waals surface area contributed by atoms with E-state index < -0.39 is 23.4 Å². The molecular formula is C14H10F4N2O. The molecule has 2 aromatic rings. The fraction of sp³-hybridized carbons (Fsp3) is 0.0714. The van der Waals surface area contributed by atoms with Crippen LogP contribution in [0.5, 0.6) is 11.5 Å². The Morgan fingerprint density at radius 3 is 2.29 bits per heavy atom. The van der Waals surface area contributed by atoms with Gasteiger partial charge in [0.05, 0.1) is 11.1 Å². The van der Waals surface area contributed by atoms with Gasteiger partial charge in [-0.15, -0.1) is 0 Å². The van der Waals surface area contributed by atoms with Gasteiger partial charge in [-0.2, -0.15) is 13.2 Å². The molecule has 0 saturated heterocycles. The van der Waals surface area contributed by atoms with Crippen molar-refractivity contribution in [2.75, 3.05) is 0 Å². The standard InChI is InChI=1S/C14H10F4N2O/c15-10-3-1-2-4-12(10)21-11-6-5-8(14(16,17)18)7-9(11)13(19)20/h1-7H,(H3,19,20). The maximum atomic E-state index is 13.5. The molecule has 0 bridgehead atoms. The summed E-state index contributed by atoms with van der Waals surface area (Å²) in [5.41, 5.74) is 4.04. The van der Waals surface area contributed by atoms with Gasteiger partial charge in [-0.25, -0.2) is 4.39 Å². The lowest BCUT2D eigenvalue weighted by molar-refractivity contribution is -0.137. The van der Waals surface area contributed by atoms with E-state index in [1.165, 1.54) is 18.2 Å². The van der Waals surface area contributed by atoms with Gasteiger partial charge in [0.2, 0.25) is 0 Å². The molecule has 0 saturated carbocycles. The van der Waals surface area contributed by atoms with E-state index in [0.29, 0.717) is 6.07 Å². The van der Waals surface area contributed by atoms with E-state index >= 15 is 0 Å². The number of alkyl halides is 3. The van der Waals surface area contributed by atoms with E-state index in [4.69, 9.17) is 15.9 Å². The number of nitrogens with two attached hydrogens (primary N) is 1. The first kappa shape index (κ1) is 14.8. The second-order valence-electron chi connectivity index (χ2n) is 4.15. The van der Waals surface area contributed by atoms with Crippen molar-refractivity contribution in [3.63, 3.8) is 0 Å². The van der Waals surface area contributed by atoms with Gasteiger partial charge < -0.3 is 10.5 Å². The Bertz CT molecular complexity index is 683. The smallest absolute Gasteiger partial charge is 0.416 e. The van der Waals surface area contributed by atoms with Crippen molar-refractivity contribution in [2.24, 2.45) is 5.73 Å². The number of ether oxygens (including phenoxy) is 1. The number of nitrogen functional groups attached to an aromatic ring is 1. The van der Waals surface area contributed by atoms with Gasteiger partial charge in [0.1, 0.15) is 11.6 Å². The highest BCUT2D eigenvalue weighted by Gasteiger charge is 2.31. The van der Waals surface area contributed by atoms with Gasteiger partial charge in [0.15, 0.2) is 11.6 Å². The molecule has 7 heteroatoms. The molecule has 0 amide bonds. The molecule has 0 spiro atoms. The van der Waals surface area contributed by atoms with Crippen LogP contribution in [0.4, 0.5) is 17.6 Å². The number of para-hydroxylation sites is 1. The molecule has 0 aliphatic rings. The summed E-state index contributed by atoms with van der Waals surface area (Å²) in [5.74, 6) is -1.57. The first-order valence-corrected chi connectivity index (χ1v) is 5.77. The quantitative estimate of drug-likeness (QED) is 0.512. The van der Waals surface area contributed by atoms with E-state index in [1.807, 2.05) is 0 Å². The number of benzene rings is 2. The Hall–Kier alpha value is -2.57. The minimum Gasteiger partial charge on any atom is -0.454 e. The molecule has 110 valence electrons. The van der Waals surface area contributed by atoms with Crippen molar-refractivity contribution in [3.05, 3.63) is 59.4 Å². The third-order valence-corrected chi connectivity index (χ3v) is 2.65. The van der Waals surface area contributed by atoms with Crippen molar-refractivity contribution in [1.29, 1.82) is 5.41 Å². The lowest BCUT2D eigenvalue weighted by atomic mass is 10.1. The second kappa shape index (κ2) is 5.43. The topological polar surface area (TPSA) is 59.1 Å².